The molecular formula is C18H24N2O3. The number of hydrogen-bond donors (Lipinski definition) is 2. The highest BCUT2D eigenvalue weighted by Crippen LogP contribution is 2.20. The maximum absolute atomic E-state index is 12.0. The molecule has 1 aromatic rings. The van der Waals surface area contributed by atoms with Gasteiger partial charge in [0.05, 0.1) is 5.92 Å². The van der Waals surface area contributed by atoms with E-state index in [0.717, 1.165) is 11.3 Å². The van der Waals surface area contributed by atoms with Gasteiger partial charge in [-0.3, -0.25) is 19.7 Å². The molecule has 2 rings (SSSR count). The van der Waals surface area contributed by atoms with E-state index in [9.17, 15) is 14.4 Å². The van der Waals surface area contributed by atoms with Crippen LogP contribution in [0.4, 0.5) is 5.69 Å². The van der Waals surface area contributed by atoms with Gasteiger partial charge in [0.25, 0.3) is 0 Å². The Morgan fingerprint density at radius 2 is 1.87 bits per heavy atom. The third kappa shape index (κ3) is 4.91. The van der Waals surface area contributed by atoms with Gasteiger partial charge in [-0.15, -0.1) is 0 Å². The number of nitrogens with one attached hydrogen (secondary N) is 2. The van der Waals surface area contributed by atoms with Crippen molar-refractivity contribution in [3.8, 4) is 0 Å². The molecule has 5 nitrogen and oxygen atoms in total. The molecule has 0 radical (unpaired) electrons. The Morgan fingerprint density at radius 1 is 1.22 bits per heavy atom. The van der Waals surface area contributed by atoms with Gasteiger partial charge in [-0.1, -0.05) is 32.9 Å². The zero-order valence-electron chi connectivity index (χ0n) is 13.9. The molecule has 23 heavy (non-hydrogen) atoms. The van der Waals surface area contributed by atoms with Crippen LogP contribution in [0.1, 0.15) is 39.2 Å². The predicted molar refractivity (Wildman–Crippen MR) is 88.7 cm³/mol. The Bertz CT molecular complexity index is 593. The minimum absolute atomic E-state index is 0.0136. The molecule has 5 heteroatoms. The van der Waals surface area contributed by atoms with Crippen molar-refractivity contribution in [2.45, 2.75) is 40.0 Å². The molecule has 1 aromatic carbocycles. The molecule has 1 saturated heterocycles. The lowest BCUT2D eigenvalue weighted by Crippen LogP contribution is -2.22. The lowest BCUT2D eigenvalue weighted by atomic mass is 9.94. The second-order valence-electron chi connectivity index (χ2n) is 6.69. The number of rotatable bonds is 6. The summed E-state index contributed by atoms with van der Waals surface area (Å²) in [6, 6.07) is 7.44. The Hall–Kier alpha value is -2.17. The number of anilines is 1. The second-order valence-corrected chi connectivity index (χ2v) is 6.69. The van der Waals surface area contributed by atoms with Crippen LogP contribution >= 0.6 is 0 Å². The summed E-state index contributed by atoms with van der Waals surface area (Å²) in [5, 5.41) is 5.21. The van der Waals surface area contributed by atoms with Gasteiger partial charge in [0.2, 0.25) is 17.7 Å². The van der Waals surface area contributed by atoms with Crippen molar-refractivity contribution >= 4 is 23.4 Å². The fourth-order valence-electron chi connectivity index (χ4n) is 2.52. The zero-order valence-corrected chi connectivity index (χ0v) is 13.9. The summed E-state index contributed by atoms with van der Waals surface area (Å²) in [4.78, 5) is 34.7. The van der Waals surface area contributed by atoms with Crippen molar-refractivity contribution in [3.05, 3.63) is 29.8 Å². The van der Waals surface area contributed by atoms with Gasteiger partial charge in [0.1, 0.15) is 0 Å². The molecule has 0 unspecified atom stereocenters. The van der Waals surface area contributed by atoms with Crippen molar-refractivity contribution in [2.75, 3.05) is 5.32 Å². The van der Waals surface area contributed by atoms with E-state index in [0.29, 0.717) is 24.7 Å². The molecule has 0 aromatic heterocycles. The molecule has 0 spiro atoms. The van der Waals surface area contributed by atoms with Gasteiger partial charge in [-0.25, -0.2) is 0 Å². The normalized spacial score (nSPS) is 18.9. The first-order chi connectivity index (χ1) is 10.8. The highest BCUT2D eigenvalue weighted by atomic mass is 16.2. The van der Waals surface area contributed by atoms with E-state index in [2.05, 4.69) is 31.4 Å². The second kappa shape index (κ2) is 7.40. The summed E-state index contributed by atoms with van der Waals surface area (Å²) in [6.45, 7) is 6.29. The Morgan fingerprint density at radius 3 is 2.39 bits per heavy atom. The standard InChI is InChI=1S/C18H24N2O3/c1-11(2)12(3)8-16(21)19-15-6-4-13(5-7-15)9-14-10-17(22)20-18(14)23/h4-7,11-12,14H,8-10H2,1-3H3,(H,19,21)(H,20,22,23)/t12-,14+/m1/s1. The molecule has 2 atom stereocenters. The summed E-state index contributed by atoms with van der Waals surface area (Å²) >= 11 is 0. The van der Waals surface area contributed by atoms with Gasteiger partial charge in [-0.05, 0) is 36.0 Å². The van der Waals surface area contributed by atoms with Crippen LogP contribution in [0, 0.1) is 17.8 Å². The van der Waals surface area contributed by atoms with Crippen LogP contribution in [0.15, 0.2) is 24.3 Å². The number of amides is 3. The summed E-state index contributed by atoms with van der Waals surface area (Å²) in [7, 11) is 0. The van der Waals surface area contributed by atoms with Crippen molar-refractivity contribution in [2.24, 2.45) is 17.8 Å². The average Bonchev–Trinajstić information content (AvgIpc) is 2.78. The number of hydrogen-bond acceptors (Lipinski definition) is 3. The molecule has 1 heterocycles. The topological polar surface area (TPSA) is 75.3 Å². The number of carbonyl (C=O) groups excluding carboxylic acids is 3. The van der Waals surface area contributed by atoms with E-state index >= 15 is 0 Å². The third-order valence-corrected chi connectivity index (χ3v) is 4.43. The van der Waals surface area contributed by atoms with E-state index in [-0.39, 0.29) is 30.1 Å². The van der Waals surface area contributed by atoms with Crippen LogP contribution in [-0.4, -0.2) is 17.7 Å². The van der Waals surface area contributed by atoms with Crippen molar-refractivity contribution in [1.29, 1.82) is 0 Å². The molecule has 0 bridgehead atoms. The molecule has 0 aliphatic carbocycles. The molecular weight excluding hydrogens is 292 g/mol. The van der Waals surface area contributed by atoms with Crippen molar-refractivity contribution in [3.63, 3.8) is 0 Å². The summed E-state index contributed by atoms with van der Waals surface area (Å²) in [6.07, 6.45) is 1.30. The number of carbonyl (C=O) groups is 3. The fourth-order valence-corrected chi connectivity index (χ4v) is 2.52. The highest BCUT2D eigenvalue weighted by molar-refractivity contribution is 6.03. The molecule has 3 amide bonds. The average molecular weight is 316 g/mol. The summed E-state index contributed by atoms with van der Waals surface area (Å²) in [5.41, 5.74) is 1.73. The molecule has 2 N–H and O–H groups in total. The first-order valence-electron chi connectivity index (χ1n) is 8.07. The van der Waals surface area contributed by atoms with E-state index < -0.39 is 0 Å². The molecule has 0 saturated carbocycles. The minimum Gasteiger partial charge on any atom is -0.326 e. The first kappa shape index (κ1) is 17.2. The largest absolute Gasteiger partial charge is 0.326 e. The van der Waals surface area contributed by atoms with Gasteiger partial charge < -0.3 is 5.32 Å². The smallest absolute Gasteiger partial charge is 0.230 e. The minimum atomic E-state index is -0.283. The first-order valence-corrected chi connectivity index (χ1v) is 8.07. The number of benzene rings is 1. The van der Waals surface area contributed by atoms with Crippen LogP contribution < -0.4 is 10.6 Å². The van der Waals surface area contributed by atoms with Crippen molar-refractivity contribution < 1.29 is 14.4 Å². The summed E-state index contributed by atoms with van der Waals surface area (Å²) < 4.78 is 0. The lowest BCUT2D eigenvalue weighted by Gasteiger charge is -2.15. The molecule has 1 fully saturated rings. The maximum Gasteiger partial charge on any atom is 0.230 e. The lowest BCUT2D eigenvalue weighted by molar-refractivity contribution is -0.125. The fraction of sp³-hybridized carbons (Fsp3) is 0.500. The van der Waals surface area contributed by atoms with Crippen LogP contribution in [-0.2, 0) is 20.8 Å². The van der Waals surface area contributed by atoms with E-state index in [1.54, 1.807) is 0 Å². The molecule has 1 aliphatic rings. The van der Waals surface area contributed by atoms with Gasteiger partial charge >= 0.3 is 0 Å². The van der Waals surface area contributed by atoms with Gasteiger partial charge in [0.15, 0.2) is 0 Å². The van der Waals surface area contributed by atoms with Gasteiger partial charge in [-0.2, -0.15) is 0 Å². The number of imide groups is 1. The Labute approximate surface area is 136 Å². The van der Waals surface area contributed by atoms with Crippen LogP contribution in [0.5, 0.6) is 0 Å². The van der Waals surface area contributed by atoms with E-state index in [4.69, 9.17) is 0 Å². The van der Waals surface area contributed by atoms with Crippen LogP contribution in [0.3, 0.4) is 0 Å². The Kier molecular flexibility index (Phi) is 5.53. The quantitative estimate of drug-likeness (QED) is 0.792. The Balaban J connectivity index is 1.88. The third-order valence-electron chi connectivity index (χ3n) is 4.43. The SMILES string of the molecule is CC(C)[C@H](C)CC(=O)Nc1ccc(C[C@H]2CC(=O)NC2=O)cc1. The van der Waals surface area contributed by atoms with Gasteiger partial charge in [0, 0.05) is 18.5 Å². The van der Waals surface area contributed by atoms with Crippen LogP contribution in [0.2, 0.25) is 0 Å². The predicted octanol–water partition coefficient (Wildman–Crippen LogP) is 2.51. The zero-order chi connectivity index (χ0) is 17.0. The van der Waals surface area contributed by atoms with Crippen molar-refractivity contribution in [1.82, 2.24) is 5.32 Å². The maximum atomic E-state index is 12.0. The highest BCUT2D eigenvalue weighted by Gasteiger charge is 2.30. The van der Waals surface area contributed by atoms with Crippen LogP contribution in [0.25, 0.3) is 0 Å². The van der Waals surface area contributed by atoms with E-state index in [1.807, 2.05) is 24.3 Å². The van der Waals surface area contributed by atoms with E-state index in [1.165, 1.54) is 0 Å². The molecule has 1 aliphatic heterocycles. The monoisotopic (exact) mass is 316 g/mol. The summed E-state index contributed by atoms with van der Waals surface area (Å²) in [5.74, 6) is 0.142. The molecule has 124 valence electrons.